The van der Waals surface area contributed by atoms with E-state index in [0.29, 0.717) is 0 Å². The molecule has 0 aliphatic carbocycles. The lowest BCUT2D eigenvalue weighted by Gasteiger charge is -1.98. The topological polar surface area (TPSA) is 56.5 Å². The molecule has 0 aliphatic heterocycles. The molecule has 0 unspecified atom stereocenters. The van der Waals surface area contributed by atoms with Crippen molar-refractivity contribution in [1.29, 1.82) is 0 Å². The minimum absolute atomic E-state index is 0.778. The first-order valence-electron chi connectivity index (χ1n) is 6.72. The van der Waals surface area contributed by atoms with Crippen molar-refractivity contribution in [3.05, 3.63) is 66.7 Å². The molecule has 0 bridgehead atoms. The van der Waals surface area contributed by atoms with Crippen LogP contribution in [0, 0.1) is 0 Å². The first-order chi connectivity index (χ1) is 10.9. The maximum atomic E-state index is 4.62. The molecule has 1 aromatic carbocycles. The lowest BCUT2D eigenvalue weighted by Crippen LogP contribution is -1.92. The lowest BCUT2D eigenvalue weighted by atomic mass is 10.3. The highest BCUT2D eigenvalue weighted by molar-refractivity contribution is 7.13. The Balaban J connectivity index is 1.66. The zero-order chi connectivity index (χ0) is 14.8. The van der Waals surface area contributed by atoms with Crippen LogP contribution in [0.2, 0.25) is 0 Å². The Hall–Kier alpha value is -2.86. The van der Waals surface area contributed by atoms with Crippen molar-refractivity contribution < 1.29 is 0 Å². The van der Waals surface area contributed by atoms with Gasteiger partial charge in [0.05, 0.1) is 18.1 Å². The fourth-order valence-electron chi connectivity index (χ4n) is 2.11. The molecule has 6 heteroatoms. The molecule has 4 aromatic rings. The monoisotopic (exact) mass is 305 g/mol. The third-order valence-electron chi connectivity index (χ3n) is 3.18. The van der Waals surface area contributed by atoms with Crippen molar-refractivity contribution in [3.8, 4) is 27.6 Å². The molecule has 0 spiro atoms. The molecular formula is C16H11N5S. The van der Waals surface area contributed by atoms with E-state index in [2.05, 4.69) is 20.1 Å². The number of nitrogens with zero attached hydrogens (tertiary/aromatic N) is 5. The summed E-state index contributed by atoms with van der Waals surface area (Å²) >= 11 is 1.57. The molecule has 106 valence electrons. The Morgan fingerprint density at radius 1 is 0.955 bits per heavy atom. The van der Waals surface area contributed by atoms with Crippen molar-refractivity contribution in [3.63, 3.8) is 0 Å². The van der Waals surface area contributed by atoms with Crippen LogP contribution in [0.5, 0.6) is 0 Å². The standard InChI is InChI=1S/C16H11N5S/c1-2-4-13(5-3-1)21-10-12(8-19-21)16-20-15(11-22-16)14-9-17-6-7-18-14/h1-11H. The van der Waals surface area contributed by atoms with Crippen LogP contribution in [0.3, 0.4) is 0 Å². The van der Waals surface area contributed by atoms with Crippen LogP contribution >= 0.6 is 11.3 Å². The van der Waals surface area contributed by atoms with Gasteiger partial charge < -0.3 is 0 Å². The molecule has 0 fully saturated rings. The number of rotatable bonds is 3. The number of para-hydroxylation sites is 1. The average Bonchev–Trinajstić information content (AvgIpc) is 3.26. The second-order valence-electron chi connectivity index (χ2n) is 4.64. The summed E-state index contributed by atoms with van der Waals surface area (Å²) in [6, 6.07) is 10.0. The molecule has 0 radical (unpaired) electrons. The van der Waals surface area contributed by atoms with Crippen LogP contribution in [0.25, 0.3) is 27.6 Å². The van der Waals surface area contributed by atoms with Gasteiger partial charge in [-0.05, 0) is 12.1 Å². The Morgan fingerprint density at radius 2 is 1.86 bits per heavy atom. The van der Waals surface area contributed by atoms with Crippen molar-refractivity contribution in [2.75, 3.05) is 0 Å². The summed E-state index contributed by atoms with van der Waals surface area (Å²) in [7, 11) is 0. The smallest absolute Gasteiger partial charge is 0.127 e. The molecule has 0 atom stereocenters. The minimum Gasteiger partial charge on any atom is -0.261 e. The summed E-state index contributed by atoms with van der Waals surface area (Å²) in [5.74, 6) is 0. The third kappa shape index (κ3) is 2.40. The van der Waals surface area contributed by atoms with Crippen LogP contribution in [0.15, 0.2) is 66.7 Å². The van der Waals surface area contributed by atoms with Crippen LogP contribution < -0.4 is 0 Å². The zero-order valence-corrected chi connectivity index (χ0v) is 12.3. The van der Waals surface area contributed by atoms with Crippen LogP contribution in [0.1, 0.15) is 0 Å². The highest BCUT2D eigenvalue weighted by Crippen LogP contribution is 2.27. The molecule has 5 nitrogen and oxygen atoms in total. The summed E-state index contributed by atoms with van der Waals surface area (Å²) in [5, 5.41) is 7.30. The predicted molar refractivity (Wildman–Crippen MR) is 85.7 cm³/mol. The molecule has 22 heavy (non-hydrogen) atoms. The van der Waals surface area contributed by atoms with Gasteiger partial charge in [0.15, 0.2) is 0 Å². The van der Waals surface area contributed by atoms with Gasteiger partial charge in [-0.25, -0.2) is 9.67 Å². The molecule has 0 saturated carbocycles. The van der Waals surface area contributed by atoms with Gasteiger partial charge in [-0.1, -0.05) is 18.2 Å². The Bertz CT molecular complexity index is 807. The average molecular weight is 305 g/mol. The minimum atomic E-state index is 0.778. The summed E-state index contributed by atoms with van der Waals surface area (Å²) in [4.78, 5) is 13.0. The van der Waals surface area contributed by atoms with Gasteiger partial charge in [-0.2, -0.15) is 5.10 Å². The van der Waals surface area contributed by atoms with Crippen molar-refractivity contribution in [1.82, 2.24) is 24.7 Å². The fraction of sp³-hybridized carbons (Fsp3) is 0. The summed E-state index contributed by atoms with van der Waals surface area (Å²) in [5.41, 5.74) is 3.63. The molecule has 4 rings (SSSR count). The Labute approximate surface area is 131 Å². The zero-order valence-electron chi connectivity index (χ0n) is 11.5. The van der Waals surface area contributed by atoms with Gasteiger partial charge in [-0.3, -0.25) is 9.97 Å². The molecule has 3 heterocycles. The van der Waals surface area contributed by atoms with E-state index in [9.17, 15) is 0 Å². The van der Waals surface area contributed by atoms with E-state index in [1.54, 1.807) is 29.9 Å². The van der Waals surface area contributed by atoms with E-state index < -0.39 is 0 Å². The molecule has 0 amide bonds. The van der Waals surface area contributed by atoms with E-state index in [0.717, 1.165) is 27.6 Å². The molecule has 0 aliphatic rings. The number of hydrogen-bond donors (Lipinski definition) is 0. The maximum Gasteiger partial charge on any atom is 0.127 e. The first kappa shape index (κ1) is 12.8. The number of benzene rings is 1. The quantitative estimate of drug-likeness (QED) is 0.581. The van der Waals surface area contributed by atoms with E-state index >= 15 is 0 Å². The van der Waals surface area contributed by atoms with Crippen molar-refractivity contribution in [2.24, 2.45) is 0 Å². The number of thiazole rings is 1. The second-order valence-corrected chi connectivity index (χ2v) is 5.50. The number of hydrogen-bond acceptors (Lipinski definition) is 5. The van der Waals surface area contributed by atoms with Crippen LogP contribution in [-0.2, 0) is 0 Å². The largest absolute Gasteiger partial charge is 0.261 e. The van der Waals surface area contributed by atoms with Crippen LogP contribution in [0.4, 0.5) is 0 Å². The molecule has 3 aromatic heterocycles. The highest BCUT2D eigenvalue weighted by atomic mass is 32.1. The Kier molecular flexibility index (Phi) is 3.21. The SMILES string of the molecule is c1ccc(-n2cc(-c3nc(-c4cnccn4)cs3)cn2)cc1. The summed E-state index contributed by atoms with van der Waals surface area (Å²) in [6.45, 7) is 0. The normalized spacial score (nSPS) is 10.7. The van der Waals surface area contributed by atoms with Crippen molar-refractivity contribution >= 4 is 11.3 Å². The maximum absolute atomic E-state index is 4.62. The van der Waals surface area contributed by atoms with E-state index in [-0.39, 0.29) is 0 Å². The lowest BCUT2D eigenvalue weighted by molar-refractivity contribution is 0.881. The van der Waals surface area contributed by atoms with E-state index in [4.69, 9.17) is 0 Å². The molecule has 0 N–H and O–H groups in total. The van der Waals surface area contributed by atoms with Crippen molar-refractivity contribution in [2.45, 2.75) is 0 Å². The first-order valence-corrected chi connectivity index (χ1v) is 7.60. The van der Waals surface area contributed by atoms with Gasteiger partial charge >= 0.3 is 0 Å². The van der Waals surface area contributed by atoms with Gasteiger partial charge in [0.1, 0.15) is 16.4 Å². The summed E-state index contributed by atoms with van der Waals surface area (Å²) in [6.07, 6.45) is 8.84. The van der Waals surface area contributed by atoms with E-state index in [1.807, 2.05) is 52.8 Å². The molecular weight excluding hydrogens is 294 g/mol. The third-order valence-corrected chi connectivity index (χ3v) is 4.07. The Morgan fingerprint density at radius 3 is 2.68 bits per heavy atom. The summed E-state index contributed by atoms with van der Waals surface area (Å²) < 4.78 is 1.85. The van der Waals surface area contributed by atoms with Gasteiger partial charge in [0.25, 0.3) is 0 Å². The molecule has 0 saturated heterocycles. The predicted octanol–water partition coefficient (Wildman–Crippen LogP) is 3.45. The van der Waals surface area contributed by atoms with E-state index in [1.165, 1.54) is 0 Å². The fourth-order valence-corrected chi connectivity index (χ4v) is 2.90. The van der Waals surface area contributed by atoms with Gasteiger partial charge in [0, 0.05) is 29.5 Å². The second kappa shape index (κ2) is 5.50. The highest BCUT2D eigenvalue weighted by Gasteiger charge is 2.10. The number of aromatic nitrogens is 5. The van der Waals surface area contributed by atoms with Crippen LogP contribution in [-0.4, -0.2) is 24.7 Å². The van der Waals surface area contributed by atoms with Gasteiger partial charge in [0.2, 0.25) is 0 Å². The van der Waals surface area contributed by atoms with Gasteiger partial charge in [-0.15, -0.1) is 11.3 Å².